The Morgan fingerprint density at radius 3 is 2.59 bits per heavy atom. The number of nitrogens with one attached hydrogen (secondary N) is 1. The van der Waals surface area contributed by atoms with Gasteiger partial charge in [-0.1, -0.05) is 0 Å². The monoisotopic (exact) mass is 461 g/mol. The molecular weight excluding hydrogens is 438 g/mol. The molecule has 0 spiro atoms. The molecule has 1 aliphatic rings. The Hall–Kier alpha value is -4.34. The zero-order chi connectivity index (χ0) is 23.7. The largest absolute Gasteiger partial charge is 0.465 e. The Morgan fingerprint density at radius 1 is 1.12 bits per heavy atom. The molecule has 1 aliphatic heterocycles. The Kier molecular flexibility index (Phi) is 5.62. The molecule has 174 valence electrons. The Labute approximate surface area is 194 Å². The number of oxazole rings is 1. The number of aromatic nitrogens is 3. The van der Waals surface area contributed by atoms with Crippen LogP contribution in [0.3, 0.4) is 0 Å². The summed E-state index contributed by atoms with van der Waals surface area (Å²) in [4.78, 5) is 39.2. The van der Waals surface area contributed by atoms with E-state index in [0.717, 1.165) is 16.6 Å². The quantitative estimate of drug-likeness (QED) is 0.429. The lowest BCUT2D eigenvalue weighted by Gasteiger charge is -2.34. The third-order valence-electron chi connectivity index (χ3n) is 5.83. The van der Waals surface area contributed by atoms with E-state index >= 15 is 0 Å². The van der Waals surface area contributed by atoms with E-state index in [1.54, 1.807) is 25.4 Å². The number of amides is 1. The first-order valence-electron chi connectivity index (χ1n) is 11.0. The molecule has 0 bridgehead atoms. The molecule has 0 unspecified atom stereocenters. The van der Waals surface area contributed by atoms with Gasteiger partial charge in [0, 0.05) is 60.8 Å². The third-order valence-corrected chi connectivity index (χ3v) is 5.83. The average Bonchev–Trinajstić information content (AvgIpc) is 3.52. The molecule has 3 aromatic heterocycles. The minimum Gasteiger partial charge on any atom is -0.465 e. The van der Waals surface area contributed by atoms with Crippen molar-refractivity contribution in [1.29, 1.82) is 0 Å². The van der Waals surface area contributed by atoms with Gasteiger partial charge in [-0.2, -0.15) is 0 Å². The molecule has 4 aromatic rings. The fourth-order valence-electron chi connectivity index (χ4n) is 4.10. The van der Waals surface area contributed by atoms with Crippen LogP contribution >= 0.6 is 0 Å². The number of nitrogens with zero attached hydrogens (tertiary/aromatic N) is 4. The molecule has 5 rings (SSSR count). The number of benzene rings is 1. The van der Waals surface area contributed by atoms with Crippen LogP contribution < -0.4 is 4.90 Å². The number of carboxylic acid groups (broad SMARTS) is 1. The van der Waals surface area contributed by atoms with Gasteiger partial charge in [0.15, 0.2) is 11.5 Å². The first-order chi connectivity index (χ1) is 16.5. The zero-order valence-electron chi connectivity index (χ0n) is 18.5. The smallest absolute Gasteiger partial charge is 0.407 e. The number of H-pyrrole nitrogens is 1. The van der Waals surface area contributed by atoms with Gasteiger partial charge >= 0.3 is 12.1 Å². The van der Waals surface area contributed by atoms with Gasteiger partial charge in [-0.05, 0) is 43.3 Å². The lowest BCUT2D eigenvalue weighted by atomic mass is 10.1. The van der Waals surface area contributed by atoms with Crippen molar-refractivity contribution in [2.75, 3.05) is 37.7 Å². The van der Waals surface area contributed by atoms with Crippen molar-refractivity contribution < 1.29 is 23.8 Å². The van der Waals surface area contributed by atoms with Crippen LogP contribution in [0.2, 0.25) is 0 Å². The Bertz CT molecular complexity index is 1340. The fourth-order valence-corrected chi connectivity index (χ4v) is 4.10. The maximum atomic E-state index is 12.7. The van der Waals surface area contributed by atoms with Gasteiger partial charge in [0.05, 0.1) is 6.61 Å². The zero-order valence-corrected chi connectivity index (χ0v) is 18.5. The van der Waals surface area contributed by atoms with Crippen molar-refractivity contribution in [2.24, 2.45) is 0 Å². The number of pyridine rings is 1. The normalized spacial score (nSPS) is 13.9. The molecular formula is C24H23N5O5. The number of ether oxygens (including phenoxy) is 1. The number of hydrogen-bond donors (Lipinski definition) is 2. The molecule has 1 amide bonds. The fraction of sp³-hybridized carbons (Fsp3) is 0.250. The van der Waals surface area contributed by atoms with E-state index in [1.165, 1.54) is 4.90 Å². The first-order valence-corrected chi connectivity index (χ1v) is 11.0. The summed E-state index contributed by atoms with van der Waals surface area (Å²) < 4.78 is 11.3. The standard InChI is InChI=1S/C24H23N5O5/c1-2-33-23(30)19-20(34-22(27-19)18-8-10-26-21-17(18)7-9-25-21)15-3-5-16(6-4-15)28-11-13-29(14-12-28)24(31)32/h3-10H,2,11-14H2,1H3,(H,25,26)(H,31,32). The summed E-state index contributed by atoms with van der Waals surface area (Å²) in [7, 11) is 0. The summed E-state index contributed by atoms with van der Waals surface area (Å²) in [6, 6.07) is 11.3. The lowest BCUT2D eigenvalue weighted by Crippen LogP contribution is -2.48. The number of carbonyl (C=O) groups is 2. The molecule has 0 radical (unpaired) electrons. The van der Waals surface area contributed by atoms with Crippen LogP contribution in [0.1, 0.15) is 17.4 Å². The number of carbonyl (C=O) groups excluding carboxylic acids is 1. The van der Waals surface area contributed by atoms with E-state index in [4.69, 9.17) is 14.3 Å². The number of aromatic amines is 1. The lowest BCUT2D eigenvalue weighted by molar-refractivity contribution is 0.0520. The van der Waals surface area contributed by atoms with Gasteiger partial charge in [0.1, 0.15) is 5.65 Å². The predicted octanol–water partition coefficient (Wildman–Crippen LogP) is 3.86. The molecule has 2 N–H and O–H groups in total. The summed E-state index contributed by atoms with van der Waals surface area (Å²) in [6.45, 7) is 4.09. The van der Waals surface area contributed by atoms with Crippen LogP contribution in [0.4, 0.5) is 10.5 Å². The van der Waals surface area contributed by atoms with Crippen LogP contribution in [0.15, 0.2) is 53.2 Å². The minimum absolute atomic E-state index is 0.111. The average molecular weight is 461 g/mol. The molecule has 34 heavy (non-hydrogen) atoms. The molecule has 1 fully saturated rings. The van der Waals surface area contributed by atoms with Gasteiger partial charge in [-0.3, -0.25) is 0 Å². The van der Waals surface area contributed by atoms with Gasteiger partial charge in [-0.15, -0.1) is 0 Å². The van der Waals surface area contributed by atoms with E-state index in [0.29, 0.717) is 49.0 Å². The SMILES string of the molecule is CCOC(=O)c1nc(-c2ccnc3[nH]ccc23)oc1-c1ccc(N2CCN(C(=O)O)CC2)cc1. The highest BCUT2D eigenvalue weighted by Gasteiger charge is 2.25. The van der Waals surface area contributed by atoms with Gasteiger partial charge in [0.2, 0.25) is 5.89 Å². The number of anilines is 1. The van der Waals surface area contributed by atoms with Gasteiger partial charge < -0.3 is 29.0 Å². The van der Waals surface area contributed by atoms with E-state index in [9.17, 15) is 9.59 Å². The van der Waals surface area contributed by atoms with Gasteiger partial charge in [-0.25, -0.2) is 19.6 Å². The number of rotatable bonds is 5. The Morgan fingerprint density at radius 2 is 1.88 bits per heavy atom. The van der Waals surface area contributed by atoms with E-state index in [-0.39, 0.29) is 12.3 Å². The van der Waals surface area contributed by atoms with E-state index in [2.05, 4.69) is 19.9 Å². The number of piperazine rings is 1. The summed E-state index contributed by atoms with van der Waals surface area (Å²) >= 11 is 0. The van der Waals surface area contributed by atoms with E-state index in [1.807, 2.05) is 30.3 Å². The summed E-state index contributed by atoms with van der Waals surface area (Å²) in [5.41, 5.74) is 3.18. The van der Waals surface area contributed by atoms with E-state index < -0.39 is 12.1 Å². The molecule has 0 aliphatic carbocycles. The highest BCUT2D eigenvalue weighted by atomic mass is 16.5. The summed E-state index contributed by atoms with van der Waals surface area (Å²) in [5, 5.41) is 9.98. The van der Waals surface area contributed by atoms with Crippen molar-refractivity contribution in [3.05, 3.63) is 54.5 Å². The molecule has 10 heteroatoms. The predicted molar refractivity (Wildman–Crippen MR) is 125 cm³/mol. The molecule has 10 nitrogen and oxygen atoms in total. The maximum Gasteiger partial charge on any atom is 0.407 e. The second-order valence-corrected chi connectivity index (χ2v) is 7.82. The molecule has 1 saturated heterocycles. The van der Waals surface area contributed by atoms with Crippen molar-refractivity contribution in [2.45, 2.75) is 6.92 Å². The third kappa shape index (κ3) is 3.94. The molecule has 0 atom stereocenters. The number of hydrogen-bond acceptors (Lipinski definition) is 7. The van der Waals surface area contributed by atoms with Crippen LogP contribution in [-0.2, 0) is 4.74 Å². The van der Waals surface area contributed by atoms with Crippen LogP contribution in [0.25, 0.3) is 33.8 Å². The second kappa shape index (κ2) is 8.89. The second-order valence-electron chi connectivity index (χ2n) is 7.82. The van der Waals surface area contributed by atoms with Crippen LogP contribution in [-0.4, -0.2) is 69.8 Å². The molecule has 1 aromatic carbocycles. The summed E-state index contributed by atoms with van der Waals surface area (Å²) in [6.07, 6.45) is 2.54. The first kappa shape index (κ1) is 21.5. The van der Waals surface area contributed by atoms with Crippen LogP contribution in [0.5, 0.6) is 0 Å². The van der Waals surface area contributed by atoms with Crippen LogP contribution in [0, 0.1) is 0 Å². The highest BCUT2D eigenvalue weighted by molar-refractivity contribution is 5.96. The molecule has 0 saturated carbocycles. The van der Waals surface area contributed by atoms with Gasteiger partial charge in [0.25, 0.3) is 0 Å². The van der Waals surface area contributed by atoms with Crippen molar-refractivity contribution in [3.63, 3.8) is 0 Å². The van der Waals surface area contributed by atoms with Crippen molar-refractivity contribution in [1.82, 2.24) is 19.9 Å². The van der Waals surface area contributed by atoms with Crippen molar-refractivity contribution >= 4 is 28.8 Å². The molecule has 4 heterocycles. The Balaban J connectivity index is 1.47. The maximum absolute atomic E-state index is 12.7. The summed E-state index contributed by atoms with van der Waals surface area (Å²) in [5.74, 6) is 0.0795. The number of esters is 1. The van der Waals surface area contributed by atoms with Crippen molar-refractivity contribution in [3.8, 4) is 22.8 Å². The topological polar surface area (TPSA) is 125 Å². The minimum atomic E-state index is -0.895. The number of fused-ring (bicyclic) bond motifs is 1. The highest BCUT2D eigenvalue weighted by Crippen LogP contribution is 2.34.